The highest BCUT2D eigenvalue weighted by molar-refractivity contribution is 5.92. The number of carbonyl (C=O) groups is 2. The van der Waals surface area contributed by atoms with Gasteiger partial charge in [0.05, 0.1) is 5.69 Å². The van der Waals surface area contributed by atoms with Crippen molar-refractivity contribution in [3.05, 3.63) is 35.9 Å². The van der Waals surface area contributed by atoms with Gasteiger partial charge in [0, 0.05) is 19.1 Å². The summed E-state index contributed by atoms with van der Waals surface area (Å²) in [5.41, 5.74) is 4.36. The van der Waals surface area contributed by atoms with Gasteiger partial charge in [0.15, 0.2) is 0 Å². The zero-order valence-corrected chi connectivity index (χ0v) is 18.6. The van der Waals surface area contributed by atoms with Crippen molar-refractivity contribution in [1.82, 2.24) is 5.43 Å². The van der Waals surface area contributed by atoms with Crippen molar-refractivity contribution in [1.29, 1.82) is 0 Å². The summed E-state index contributed by atoms with van der Waals surface area (Å²) in [5.74, 6) is 0.432. The third kappa shape index (κ3) is 12.8. The minimum Gasteiger partial charge on any atom is -0.506 e. The molecule has 2 amide bonds. The maximum atomic E-state index is 11.9. The van der Waals surface area contributed by atoms with Gasteiger partial charge in [-0.05, 0) is 64.0 Å². The highest BCUT2D eigenvalue weighted by Gasteiger charge is 2.06. The molecule has 0 aliphatic carbocycles. The molecule has 0 aliphatic rings. The maximum Gasteiger partial charge on any atom is 0.240 e. The molecule has 1 rings (SSSR count). The zero-order chi connectivity index (χ0) is 22.2. The lowest BCUT2D eigenvalue weighted by Gasteiger charge is -2.07. The second-order valence-electron chi connectivity index (χ2n) is 8.03. The van der Waals surface area contributed by atoms with Gasteiger partial charge in [-0.2, -0.15) is 5.10 Å². The third-order valence-electron chi connectivity index (χ3n) is 4.74. The SMILES string of the molecule is CC(C)=CCC[C@@H](C)C/C=N/NC(=O)CCCCCCC(=O)Nc1ccccc1O. The topological polar surface area (TPSA) is 90.8 Å². The van der Waals surface area contributed by atoms with Gasteiger partial charge in [0.1, 0.15) is 5.75 Å². The molecule has 30 heavy (non-hydrogen) atoms. The average Bonchev–Trinajstić information content (AvgIpc) is 2.69. The van der Waals surface area contributed by atoms with Gasteiger partial charge in [0.2, 0.25) is 11.8 Å². The van der Waals surface area contributed by atoms with E-state index in [9.17, 15) is 14.7 Å². The van der Waals surface area contributed by atoms with Crippen molar-refractivity contribution in [2.24, 2.45) is 11.0 Å². The lowest BCUT2D eigenvalue weighted by molar-refractivity contribution is -0.121. The molecule has 6 nitrogen and oxygen atoms in total. The first-order valence-electron chi connectivity index (χ1n) is 10.9. The molecule has 166 valence electrons. The molecular formula is C24H37N3O3. The van der Waals surface area contributed by atoms with Gasteiger partial charge in [-0.25, -0.2) is 5.43 Å². The number of nitrogens with zero attached hydrogens (tertiary/aromatic N) is 1. The lowest BCUT2D eigenvalue weighted by atomic mass is 10.0. The summed E-state index contributed by atoms with van der Waals surface area (Å²) >= 11 is 0. The second kappa shape index (κ2) is 15.2. The largest absolute Gasteiger partial charge is 0.506 e. The van der Waals surface area contributed by atoms with E-state index in [-0.39, 0.29) is 17.6 Å². The summed E-state index contributed by atoms with van der Waals surface area (Å²) < 4.78 is 0. The number of hydrogen-bond donors (Lipinski definition) is 3. The Kier molecular flexibility index (Phi) is 12.9. The van der Waals surface area contributed by atoms with Crippen LogP contribution in [0.2, 0.25) is 0 Å². The molecule has 0 aromatic heterocycles. The minimum atomic E-state index is -0.112. The summed E-state index contributed by atoms with van der Waals surface area (Å²) in [6.07, 6.45) is 11.2. The molecule has 0 bridgehead atoms. The van der Waals surface area contributed by atoms with Crippen LogP contribution in [0.4, 0.5) is 5.69 Å². The Labute approximate surface area is 180 Å². The van der Waals surface area contributed by atoms with Gasteiger partial charge in [-0.3, -0.25) is 9.59 Å². The molecule has 0 spiro atoms. The number of para-hydroxylation sites is 2. The van der Waals surface area contributed by atoms with Crippen LogP contribution in [0.3, 0.4) is 0 Å². The molecular weight excluding hydrogens is 378 g/mol. The average molecular weight is 416 g/mol. The van der Waals surface area contributed by atoms with Crippen molar-refractivity contribution >= 4 is 23.7 Å². The Hall–Kier alpha value is -2.63. The second-order valence-corrected chi connectivity index (χ2v) is 8.03. The Morgan fingerprint density at radius 1 is 1.07 bits per heavy atom. The Balaban J connectivity index is 2.03. The molecule has 0 fully saturated rings. The van der Waals surface area contributed by atoms with Crippen LogP contribution in [0.1, 0.15) is 78.6 Å². The van der Waals surface area contributed by atoms with E-state index in [1.165, 1.54) is 11.6 Å². The Morgan fingerprint density at radius 3 is 2.40 bits per heavy atom. The number of rotatable bonds is 14. The van der Waals surface area contributed by atoms with E-state index in [1.807, 2.05) is 0 Å². The van der Waals surface area contributed by atoms with Crippen molar-refractivity contribution in [3.63, 3.8) is 0 Å². The molecule has 6 heteroatoms. The number of hydrazone groups is 1. The molecule has 0 saturated heterocycles. The van der Waals surface area contributed by atoms with Crippen molar-refractivity contribution < 1.29 is 14.7 Å². The summed E-state index contributed by atoms with van der Waals surface area (Å²) in [5, 5.41) is 16.4. The first-order valence-corrected chi connectivity index (χ1v) is 10.9. The molecule has 1 aromatic rings. The van der Waals surface area contributed by atoms with Gasteiger partial charge in [0.25, 0.3) is 0 Å². The predicted octanol–water partition coefficient (Wildman–Crippen LogP) is 5.55. The van der Waals surface area contributed by atoms with Gasteiger partial charge < -0.3 is 10.4 Å². The molecule has 1 atom stereocenters. The smallest absolute Gasteiger partial charge is 0.240 e. The summed E-state index contributed by atoms with van der Waals surface area (Å²) in [6.45, 7) is 6.41. The number of aromatic hydroxyl groups is 1. The van der Waals surface area contributed by atoms with Crippen molar-refractivity contribution in [3.8, 4) is 5.75 Å². The van der Waals surface area contributed by atoms with Gasteiger partial charge >= 0.3 is 0 Å². The molecule has 0 radical (unpaired) electrons. The monoisotopic (exact) mass is 415 g/mol. The minimum absolute atomic E-state index is 0.0673. The molecule has 0 aliphatic heterocycles. The number of benzene rings is 1. The summed E-state index contributed by atoms with van der Waals surface area (Å²) in [6, 6.07) is 6.67. The Bertz CT molecular complexity index is 709. The van der Waals surface area contributed by atoms with Crippen LogP contribution in [0.15, 0.2) is 41.0 Å². The fraction of sp³-hybridized carbons (Fsp3) is 0.542. The first kappa shape index (κ1) is 25.4. The number of unbranched alkanes of at least 4 members (excludes halogenated alkanes) is 3. The number of allylic oxidation sites excluding steroid dienone is 2. The van der Waals surface area contributed by atoms with Gasteiger partial charge in [-0.1, -0.05) is 43.5 Å². The van der Waals surface area contributed by atoms with Crippen LogP contribution < -0.4 is 10.7 Å². The van der Waals surface area contributed by atoms with Crippen LogP contribution in [0.5, 0.6) is 5.75 Å². The lowest BCUT2D eigenvalue weighted by Crippen LogP contribution is -2.17. The highest BCUT2D eigenvalue weighted by Crippen LogP contribution is 2.21. The number of anilines is 1. The normalized spacial score (nSPS) is 11.8. The van der Waals surface area contributed by atoms with Crippen molar-refractivity contribution in [2.75, 3.05) is 5.32 Å². The van der Waals surface area contributed by atoms with Crippen molar-refractivity contribution in [2.45, 2.75) is 78.6 Å². The van der Waals surface area contributed by atoms with E-state index in [0.29, 0.717) is 24.4 Å². The number of nitrogens with one attached hydrogen (secondary N) is 2. The van der Waals surface area contributed by atoms with Crippen LogP contribution in [0, 0.1) is 5.92 Å². The van der Waals surface area contributed by atoms with E-state index in [1.54, 1.807) is 24.4 Å². The molecule has 0 saturated carbocycles. The maximum absolute atomic E-state index is 11.9. The number of phenolic OH excluding ortho intramolecular Hbond substituents is 1. The zero-order valence-electron chi connectivity index (χ0n) is 18.6. The van der Waals surface area contributed by atoms with Crippen LogP contribution in [0.25, 0.3) is 0 Å². The van der Waals surface area contributed by atoms with Crippen LogP contribution in [-0.4, -0.2) is 23.1 Å². The van der Waals surface area contributed by atoms with Gasteiger partial charge in [-0.15, -0.1) is 0 Å². The first-order chi connectivity index (χ1) is 14.4. The highest BCUT2D eigenvalue weighted by atomic mass is 16.3. The number of phenols is 1. The third-order valence-corrected chi connectivity index (χ3v) is 4.74. The molecule has 0 heterocycles. The van der Waals surface area contributed by atoms with Crippen LogP contribution in [-0.2, 0) is 9.59 Å². The van der Waals surface area contributed by atoms with E-state index >= 15 is 0 Å². The number of hydrogen-bond acceptors (Lipinski definition) is 4. The molecule has 0 unspecified atom stereocenters. The van der Waals surface area contributed by atoms with E-state index in [2.05, 4.69) is 42.7 Å². The van der Waals surface area contributed by atoms with E-state index < -0.39 is 0 Å². The quantitative estimate of drug-likeness (QED) is 0.122. The van der Waals surface area contributed by atoms with E-state index in [4.69, 9.17) is 0 Å². The Morgan fingerprint density at radius 2 is 1.73 bits per heavy atom. The number of amides is 2. The van der Waals surface area contributed by atoms with Crippen LogP contribution >= 0.6 is 0 Å². The summed E-state index contributed by atoms with van der Waals surface area (Å²) in [4.78, 5) is 23.7. The fourth-order valence-corrected chi connectivity index (χ4v) is 2.90. The number of carbonyl (C=O) groups excluding carboxylic acids is 2. The molecule has 1 aromatic carbocycles. The summed E-state index contributed by atoms with van der Waals surface area (Å²) in [7, 11) is 0. The standard InChI is InChI=1S/C24H37N3O3/c1-19(2)11-10-12-20(3)17-18-25-27-24(30)16-7-5-4-6-15-23(29)26-21-13-8-9-14-22(21)28/h8-9,11,13-14,18,20,28H,4-7,10,12,15-17H2,1-3H3,(H,26,29)(H,27,30)/b25-18+/t20-/m1/s1. The van der Waals surface area contributed by atoms with E-state index in [0.717, 1.165) is 44.9 Å². The predicted molar refractivity (Wildman–Crippen MR) is 124 cm³/mol. The molecule has 3 N–H and O–H groups in total. The fourth-order valence-electron chi connectivity index (χ4n) is 2.90.